The van der Waals surface area contributed by atoms with Gasteiger partial charge in [0.2, 0.25) is 0 Å². The molecular formula is C22H27ClN4O4S. The summed E-state index contributed by atoms with van der Waals surface area (Å²) in [5, 5.41) is 0.162. The molecule has 0 bridgehead atoms. The number of sulfonamides is 1. The first kappa shape index (κ1) is 22.7. The number of hydrogen-bond donors (Lipinski definition) is 2. The molecule has 10 heteroatoms. The van der Waals surface area contributed by atoms with Gasteiger partial charge in [0.1, 0.15) is 11.6 Å². The van der Waals surface area contributed by atoms with Crippen molar-refractivity contribution >= 4 is 39.0 Å². The van der Waals surface area contributed by atoms with Crippen molar-refractivity contribution in [3.63, 3.8) is 0 Å². The molecule has 2 aromatic rings. The summed E-state index contributed by atoms with van der Waals surface area (Å²) in [5.74, 6) is -0.206. The molecule has 4 rings (SSSR count). The van der Waals surface area contributed by atoms with E-state index in [9.17, 15) is 13.2 Å². The molecule has 2 aliphatic rings. The lowest BCUT2D eigenvalue weighted by molar-refractivity contribution is -0.127. The molecule has 1 aromatic heterocycles. The van der Waals surface area contributed by atoms with Crippen LogP contribution in [0, 0.1) is 5.41 Å². The molecule has 8 nitrogen and oxygen atoms in total. The van der Waals surface area contributed by atoms with Gasteiger partial charge in [0.25, 0.3) is 15.9 Å². The largest absolute Gasteiger partial charge is 0.475 e. The first-order chi connectivity index (χ1) is 15.0. The summed E-state index contributed by atoms with van der Waals surface area (Å²) in [6.07, 6.45) is 2.87. The van der Waals surface area contributed by atoms with Gasteiger partial charge in [-0.2, -0.15) is 8.42 Å². The van der Waals surface area contributed by atoms with Crippen molar-refractivity contribution in [3.8, 4) is 5.75 Å². The van der Waals surface area contributed by atoms with Gasteiger partial charge in [0.05, 0.1) is 5.69 Å². The molecule has 0 unspecified atom stereocenters. The SMILES string of the molecule is CC1(C)CCN(c2ccc(Cl)cc2OC2(C(=O)NS(=O)(=O)c3cccc(N)n3)CC2)CC1. The van der Waals surface area contributed by atoms with Gasteiger partial charge >= 0.3 is 0 Å². The minimum atomic E-state index is -4.18. The zero-order chi connectivity index (χ0) is 23.1. The molecule has 0 radical (unpaired) electrons. The number of amides is 1. The second-order valence-electron chi connectivity index (χ2n) is 9.19. The fourth-order valence-corrected chi connectivity index (χ4v) is 4.91. The van der Waals surface area contributed by atoms with Crippen LogP contribution in [0.25, 0.3) is 0 Å². The Morgan fingerprint density at radius 3 is 2.47 bits per heavy atom. The Kier molecular flexibility index (Phi) is 5.75. The molecule has 1 aliphatic carbocycles. The van der Waals surface area contributed by atoms with Crippen molar-refractivity contribution in [1.29, 1.82) is 0 Å². The minimum absolute atomic E-state index is 0.0472. The highest BCUT2D eigenvalue weighted by atomic mass is 35.5. The third kappa shape index (κ3) is 4.78. The monoisotopic (exact) mass is 478 g/mol. The Morgan fingerprint density at radius 2 is 1.84 bits per heavy atom. The van der Waals surface area contributed by atoms with Crippen molar-refractivity contribution < 1.29 is 17.9 Å². The Hall–Kier alpha value is -2.52. The zero-order valence-corrected chi connectivity index (χ0v) is 19.7. The van der Waals surface area contributed by atoms with Gasteiger partial charge in [-0.05, 0) is 42.5 Å². The number of piperidine rings is 1. The van der Waals surface area contributed by atoms with Gasteiger partial charge in [-0.25, -0.2) is 9.71 Å². The van der Waals surface area contributed by atoms with Gasteiger partial charge in [-0.15, -0.1) is 0 Å². The lowest BCUT2D eigenvalue weighted by atomic mass is 9.82. The van der Waals surface area contributed by atoms with Gasteiger partial charge < -0.3 is 15.4 Å². The lowest BCUT2D eigenvalue weighted by Gasteiger charge is -2.39. The molecule has 32 heavy (non-hydrogen) atoms. The number of aromatic nitrogens is 1. The van der Waals surface area contributed by atoms with Crippen molar-refractivity contribution in [3.05, 3.63) is 41.4 Å². The first-order valence-corrected chi connectivity index (χ1v) is 12.4. The van der Waals surface area contributed by atoms with Crippen LogP contribution < -0.4 is 20.1 Å². The number of carbonyl (C=O) groups is 1. The normalized spacial score (nSPS) is 19.3. The van der Waals surface area contributed by atoms with Crippen LogP contribution in [0.4, 0.5) is 11.5 Å². The maximum absolute atomic E-state index is 12.9. The number of rotatable bonds is 6. The fraction of sp³-hybridized carbons (Fsp3) is 0.455. The van der Waals surface area contributed by atoms with Gasteiger partial charge in [0, 0.05) is 37.0 Å². The van der Waals surface area contributed by atoms with E-state index in [0.717, 1.165) is 31.6 Å². The number of anilines is 2. The molecule has 1 saturated carbocycles. The number of halogens is 1. The van der Waals surface area contributed by atoms with E-state index in [1.54, 1.807) is 12.1 Å². The van der Waals surface area contributed by atoms with Crippen molar-refractivity contribution in [2.24, 2.45) is 5.41 Å². The van der Waals surface area contributed by atoms with E-state index >= 15 is 0 Å². The number of carbonyl (C=O) groups excluding carboxylic acids is 1. The molecule has 1 saturated heterocycles. The van der Waals surface area contributed by atoms with Crippen molar-refractivity contribution in [2.45, 2.75) is 50.2 Å². The standard InChI is InChI=1S/C22H27ClN4O4S/c1-21(2)10-12-27(13-11-21)16-7-6-15(23)14-17(16)31-22(8-9-22)20(28)26-32(29,30)19-5-3-4-18(24)25-19/h3-7,14H,8-13H2,1-2H3,(H2,24,25)(H,26,28). The summed E-state index contributed by atoms with van der Waals surface area (Å²) in [5.41, 5.74) is 5.45. The second-order valence-corrected chi connectivity index (χ2v) is 11.3. The topological polar surface area (TPSA) is 115 Å². The van der Waals surface area contributed by atoms with E-state index < -0.39 is 21.5 Å². The van der Waals surface area contributed by atoms with Crippen LogP contribution in [0.3, 0.4) is 0 Å². The highest BCUT2D eigenvalue weighted by Crippen LogP contribution is 2.45. The third-order valence-corrected chi connectivity index (χ3v) is 7.52. The summed E-state index contributed by atoms with van der Waals surface area (Å²) in [6.45, 7) is 6.23. The van der Waals surface area contributed by atoms with Crippen LogP contribution in [0.5, 0.6) is 5.75 Å². The molecule has 2 heterocycles. The number of hydrogen-bond acceptors (Lipinski definition) is 7. The van der Waals surface area contributed by atoms with Crippen LogP contribution in [-0.2, 0) is 14.8 Å². The molecule has 1 aromatic carbocycles. The Bertz CT molecular complexity index is 1140. The quantitative estimate of drug-likeness (QED) is 0.654. The number of nitrogens with one attached hydrogen (secondary N) is 1. The van der Waals surface area contributed by atoms with Crippen molar-refractivity contribution in [1.82, 2.24) is 9.71 Å². The summed E-state index contributed by atoms with van der Waals surface area (Å²) in [6, 6.07) is 9.56. The molecule has 172 valence electrons. The first-order valence-electron chi connectivity index (χ1n) is 10.5. The maximum atomic E-state index is 12.9. The molecule has 2 fully saturated rings. The summed E-state index contributed by atoms with van der Waals surface area (Å²) < 4.78 is 33.5. The van der Waals surface area contributed by atoms with E-state index in [1.165, 1.54) is 18.2 Å². The molecule has 1 amide bonds. The van der Waals surface area contributed by atoms with Crippen LogP contribution in [0.15, 0.2) is 41.4 Å². The average molecular weight is 479 g/mol. The molecule has 0 spiro atoms. The van der Waals surface area contributed by atoms with Crippen LogP contribution in [0.1, 0.15) is 39.5 Å². The number of benzene rings is 1. The van der Waals surface area contributed by atoms with E-state index in [2.05, 4.69) is 28.5 Å². The number of nitrogen functional groups attached to an aromatic ring is 1. The Balaban J connectivity index is 1.54. The number of pyridine rings is 1. The minimum Gasteiger partial charge on any atom is -0.475 e. The smallest absolute Gasteiger partial charge is 0.281 e. The van der Waals surface area contributed by atoms with Gasteiger partial charge in [-0.3, -0.25) is 4.79 Å². The Morgan fingerprint density at radius 1 is 1.16 bits per heavy atom. The number of nitrogens with zero attached hydrogens (tertiary/aromatic N) is 2. The van der Waals surface area contributed by atoms with E-state index in [4.69, 9.17) is 22.1 Å². The highest BCUT2D eigenvalue weighted by Gasteiger charge is 2.54. The number of ether oxygens (including phenoxy) is 1. The van der Waals surface area contributed by atoms with Crippen LogP contribution in [-0.4, -0.2) is 38.0 Å². The zero-order valence-electron chi connectivity index (χ0n) is 18.1. The summed E-state index contributed by atoms with van der Waals surface area (Å²) >= 11 is 6.22. The summed E-state index contributed by atoms with van der Waals surface area (Å²) in [7, 11) is -4.18. The second kappa shape index (κ2) is 8.12. The predicted molar refractivity (Wildman–Crippen MR) is 123 cm³/mol. The van der Waals surface area contributed by atoms with Gasteiger partial charge in [-0.1, -0.05) is 31.5 Å². The van der Waals surface area contributed by atoms with Gasteiger partial charge in [0.15, 0.2) is 10.6 Å². The average Bonchev–Trinajstić information content (AvgIpc) is 3.49. The maximum Gasteiger partial charge on any atom is 0.281 e. The third-order valence-electron chi connectivity index (χ3n) is 6.05. The van der Waals surface area contributed by atoms with E-state index in [0.29, 0.717) is 23.6 Å². The van der Waals surface area contributed by atoms with Crippen molar-refractivity contribution in [2.75, 3.05) is 23.7 Å². The lowest BCUT2D eigenvalue weighted by Crippen LogP contribution is -2.44. The molecule has 3 N–H and O–H groups in total. The summed E-state index contributed by atoms with van der Waals surface area (Å²) in [4.78, 5) is 19.0. The molecule has 0 atom stereocenters. The Labute approximate surface area is 193 Å². The van der Waals surface area contributed by atoms with E-state index in [1.807, 2.05) is 6.07 Å². The highest BCUT2D eigenvalue weighted by molar-refractivity contribution is 7.90. The number of nitrogens with two attached hydrogens (primary N) is 1. The van der Waals surface area contributed by atoms with Crippen LogP contribution >= 0.6 is 11.6 Å². The fourth-order valence-electron chi connectivity index (χ4n) is 3.73. The predicted octanol–water partition coefficient (Wildman–Crippen LogP) is 3.36. The molecular weight excluding hydrogens is 452 g/mol. The van der Waals surface area contributed by atoms with Crippen LogP contribution in [0.2, 0.25) is 5.02 Å². The van der Waals surface area contributed by atoms with E-state index in [-0.39, 0.29) is 16.3 Å². The molecule has 1 aliphatic heterocycles.